The van der Waals surface area contributed by atoms with Gasteiger partial charge in [0, 0.05) is 32.3 Å². The topological polar surface area (TPSA) is 58.1 Å². The molecule has 2 rings (SSSR count). The molecule has 0 aromatic rings. The molecule has 142 valence electrons. The lowest BCUT2D eigenvalue weighted by molar-refractivity contribution is 0.0420. The number of likely N-dealkylation sites (N-methyl/N-ethyl adjacent to an activating group) is 1. The highest BCUT2D eigenvalue weighted by atomic mass is 127. The van der Waals surface area contributed by atoms with Gasteiger partial charge >= 0.3 is 0 Å². The van der Waals surface area contributed by atoms with Gasteiger partial charge in [-0.15, -0.1) is 24.0 Å². The van der Waals surface area contributed by atoms with E-state index in [9.17, 15) is 0 Å². The molecule has 7 heteroatoms. The Bertz CT molecular complexity index is 356. The molecule has 0 amide bonds. The number of nitrogens with zero attached hydrogens (tertiary/aromatic N) is 2. The summed E-state index contributed by atoms with van der Waals surface area (Å²) in [4.78, 5) is 7.07. The number of aliphatic imine (C=N–C) groups is 1. The monoisotopic (exact) mass is 454 g/mol. The maximum absolute atomic E-state index is 5.78. The van der Waals surface area contributed by atoms with Crippen LogP contribution in [0.5, 0.6) is 0 Å². The minimum atomic E-state index is 0. The van der Waals surface area contributed by atoms with Crippen LogP contribution < -0.4 is 10.6 Å². The van der Waals surface area contributed by atoms with Crippen LogP contribution in [0, 0.1) is 5.92 Å². The second kappa shape index (κ2) is 12.3. The van der Waals surface area contributed by atoms with Crippen molar-refractivity contribution >= 4 is 29.9 Å². The highest BCUT2D eigenvalue weighted by Crippen LogP contribution is 2.34. The maximum atomic E-state index is 5.78. The second-order valence-electron chi connectivity index (χ2n) is 6.72. The fourth-order valence-corrected chi connectivity index (χ4v) is 2.91. The molecule has 24 heavy (non-hydrogen) atoms. The standard InChI is InChI=1S/C17H34N4O2.HI/c1-4-18-17(20-12-16(21(2)3)14-6-7-14)19-9-5-10-23-15-8-11-22-13-15;/h14-16H,4-13H2,1-3H3,(H2,18,19,20);1H. The smallest absolute Gasteiger partial charge is 0.191 e. The molecule has 1 aliphatic carbocycles. The normalized spacial score (nSPS) is 22.3. The van der Waals surface area contributed by atoms with Crippen molar-refractivity contribution in [2.45, 2.75) is 44.8 Å². The molecule has 2 fully saturated rings. The summed E-state index contributed by atoms with van der Waals surface area (Å²) in [7, 11) is 4.31. The zero-order valence-electron chi connectivity index (χ0n) is 15.4. The molecule has 1 heterocycles. The van der Waals surface area contributed by atoms with Crippen LogP contribution in [0.3, 0.4) is 0 Å². The van der Waals surface area contributed by atoms with E-state index in [1.54, 1.807) is 0 Å². The van der Waals surface area contributed by atoms with Crippen LogP contribution in [0.4, 0.5) is 0 Å². The second-order valence-corrected chi connectivity index (χ2v) is 6.72. The van der Waals surface area contributed by atoms with Crippen molar-refractivity contribution in [3.8, 4) is 0 Å². The van der Waals surface area contributed by atoms with E-state index in [-0.39, 0.29) is 24.0 Å². The van der Waals surface area contributed by atoms with Crippen molar-refractivity contribution in [1.82, 2.24) is 15.5 Å². The van der Waals surface area contributed by atoms with Gasteiger partial charge < -0.3 is 25.0 Å². The number of nitrogens with one attached hydrogen (secondary N) is 2. The first kappa shape index (κ1) is 21.9. The fraction of sp³-hybridized carbons (Fsp3) is 0.941. The number of rotatable bonds is 10. The molecule has 0 aromatic heterocycles. The van der Waals surface area contributed by atoms with Gasteiger partial charge in [0.05, 0.1) is 19.3 Å². The Morgan fingerprint density at radius 2 is 2.08 bits per heavy atom. The van der Waals surface area contributed by atoms with E-state index in [4.69, 9.17) is 14.5 Å². The van der Waals surface area contributed by atoms with Gasteiger partial charge in [-0.05, 0) is 52.6 Å². The quantitative estimate of drug-likeness (QED) is 0.228. The molecular weight excluding hydrogens is 419 g/mol. The third-order valence-corrected chi connectivity index (χ3v) is 4.47. The van der Waals surface area contributed by atoms with Crippen molar-refractivity contribution in [2.24, 2.45) is 10.9 Å². The molecule has 0 spiro atoms. The number of halogens is 1. The van der Waals surface area contributed by atoms with E-state index in [2.05, 4.69) is 36.6 Å². The Kier molecular flexibility index (Phi) is 11.2. The molecule has 2 unspecified atom stereocenters. The maximum Gasteiger partial charge on any atom is 0.191 e. The summed E-state index contributed by atoms with van der Waals surface area (Å²) >= 11 is 0. The fourth-order valence-electron chi connectivity index (χ4n) is 2.91. The van der Waals surface area contributed by atoms with Gasteiger partial charge in [-0.25, -0.2) is 0 Å². The molecule has 2 N–H and O–H groups in total. The molecule has 0 radical (unpaired) electrons. The SMILES string of the molecule is CCNC(=NCC(C1CC1)N(C)C)NCCCOC1CCOC1.I. The summed E-state index contributed by atoms with van der Waals surface area (Å²) in [5.74, 6) is 1.75. The predicted octanol–water partition coefficient (Wildman–Crippen LogP) is 1.70. The van der Waals surface area contributed by atoms with Crippen molar-refractivity contribution in [2.75, 3.05) is 53.6 Å². The molecule has 1 saturated heterocycles. The first-order chi connectivity index (χ1) is 11.2. The van der Waals surface area contributed by atoms with Crippen molar-refractivity contribution in [1.29, 1.82) is 0 Å². The van der Waals surface area contributed by atoms with Gasteiger partial charge in [0.2, 0.25) is 0 Å². The summed E-state index contributed by atoms with van der Waals surface area (Å²) < 4.78 is 11.1. The molecule has 6 nitrogen and oxygen atoms in total. The van der Waals surface area contributed by atoms with Crippen LogP contribution in [-0.2, 0) is 9.47 Å². The van der Waals surface area contributed by atoms with Gasteiger partial charge in [0.1, 0.15) is 0 Å². The minimum Gasteiger partial charge on any atom is -0.379 e. The largest absolute Gasteiger partial charge is 0.379 e. The van der Waals surface area contributed by atoms with Crippen LogP contribution in [0.2, 0.25) is 0 Å². The van der Waals surface area contributed by atoms with Gasteiger partial charge in [0.15, 0.2) is 5.96 Å². The predicted molar refractivity (Wildman–Crippen MR) is 109 cm³/mol. The van der Waals surface area contributed by atoms with E-state index in [0.717, 1.165) is 64.2 Å². The van der Waals surface area contributed by atoms with E-state index in [1.807, 2.05) is 0 Å². The van der Waals surface area contributed by atoms with Gasteiger partial charge in [-0.1, -0.05) is 0 Å². The van der Waals surface area contributed by atoms with E-state index in [0.29, 0.717) is 12.1 Å². The Morgan fingerprint density at radius 1 is 1.29 bits per heavy atom. The molecule has 2 atom stereocenters. The lowest BCUT2D eigenvalue weighted by Gasteiger charge is -2.23. The van der Waals surface area contributed by atoms with Gasteiger partial charge in [-0.3, -0.25) is 4.99 Å². The van der Waals surface area contributed by atoms with Crippen LogP contribution in [0.25, 0.3) is 0 Å². The third-order valence-electron chi connectivity index (χ3n) is 4.47. The average Bonchev–Trinajstić information content (AvgIpc) is 3.22. The number of ether oxygens (including phenoxy) is 2. The first-order valence-corrected chi connectivity index (χ1v) is 9.08. The number of hydrogen-bond acceptors (Lipinski definition) is 4. The van der Waals surface area contributed by atoms with Crippen molar-refractivity contribution in [3.05, 3.63) is 0 Å². The Balaban J connectivity index is 0.00000288. The molecule has 0 aromatic carbocycles. The summed E-state index contributed by atoms with van der Waals surface area (Å²) in [6.07, 6.45) is 5.02. The Morgan fingerprint density at radius 3 is 2.67 bits per heavy atom. The van der Waals surface area contributed by atoms with E-state index < -0.39 is 0 Å². The summed E-state index contributed by atoms with van der Waals surface area (Å²) in [6, 6.07) is 0.566. The van der Waals surface area contributed by atoms with Crippen LogP contribution in [0.1, 0.15) is 32.6 Å². The zero-order valence-corrected chi connectivity index (χ0v) is 17.8. The van der Waals surface area contributed by atoms with E-state index >= 15 is 0 Å². The van der Waals surface area contributed by atoms with E-state index in [1.165, 1.54) is 12.8 Å². The summed E-state index contributed by atoms with van der Waals surface area (Å²) in [5.41, 5.74) is 0. The molecular formula is C17H35IN4O2. The van der Waals surface area contributed by atoms with Crippen molar-refractivity contribution in [3.63, 3.8) is 0 Å². The minimum absolute atomic E-state index is 0. The van der Waals surface area contributed by atoms with Gasteiger partial charge in [0.25, 0.3) is 0 Å². The lowest BCUT2D eigenvalue weighted by Crippen LogP contribution is -2.40. The van der Waals surface area contributed by atoms with Crippen LogP contribution in [-0.4, -0.2) is 76.6 Å². The highest BCUT2D eigenvalue weighted by Gasteiger charge is 2.32. The Hall–Kier alpha value is -0.120. The molecule has 0 bridgehead atoms. The van der Waals surface area contributed by atoms with Crippen LogP contribution in [0.15, 0.2) is 4.99 Å². The molecule has 1 aliphatic heterocycles. The molecule has 1 saturated carbocycles. The summed E-state index contributed by atoms with van der Waals surface area (Å²) in [6.45, 7) is 7.11. The average molecular weight is 454 g/mol. The van der Waals surface area contributed by atoms with Crippen molar-refractivity contribution < 1.29 is 9.47 Å². The summed E-state index contributed by atoms with van der Waals surface area (Å²) in [5, 5.41) is 6.74. The number of guanidine groups is 1. The third kappa shape index (κ3) is 8.31. The molecule has 2 aliphatic rings. The van der Waals surface area contributed by atoms with Crippen LogP contribution >= 0.6 is 24.0 Å². The Labute approximate surface area is 164 Å². The highest BCUT2D eigenvalue weighted by molar-refractivity contribution is 14.0. The van der Waals surface area contributed by atoms with Gasteiger partial charge in [-0.2, -0.15) is 0 Å². The lowest BCUT2D eigenvalue weighted by atomic mass is 10.2. The zero-order chi connectivity index (χ0) is 16.5. The first-order valence-electron chi connectivity index (χ1n) is 9.08. The number of hydrogen-bond donors (Lipinski definition) is 2.